The predicted molar refractivity (Wildman–Crippen MR) is 128 cm³/mol. The maximum absolute atomic E-state index is 13.0. The number of benzene rings is 2. The third kappa shape index (κ3) is 6.84. The fourth-order valence-corrected chi connectivity index (χ4v) is 3.84. The van der Waals surface area contributed by atoms with Gasteiger partial charge >= 0.3 is 0 Å². The van der Waals surface area contributed by atoms with E-state index in [0.717, 1.165) is 43.1 Å². The Hall–Kier alpha value is -2.82. The Kier molecular flexibility index (Phi) is 8.10. The van der Waals surface area contributed by atoms with E-state index in [4.69, 9.17) is 0 Å². The van der Waals surface area contributed by atoms with Gasteiger partial charge in [0.1, 0.15) is 0 Å². The molecule has 31 heavy (non-hydrogen) atoms. The largest absolute Gasteiger partial charge is 0.371 e. The van der Waals surface area contributed by atoms with Crippen LogP contribution in [0.5, 0.6) is 0 Å². The van der Waals surface area contributed by atoms with E-state index in [-0.39, 0.29) is 11.8 Å². The van der Waals surface area contributed by atoms with Gasteiger partial charge in [0.15, 0.2) is 0 Å². The van der Waals surface area contributed by atoms with Crippen LogP contribution in [-0.4, -0.2) is 31.4 Å². The molecule has 0 saturated carbocycles. The Morgan fingerprint density at radius 3 is 2.45 bits per heavy atom. The smallest absolute Gasteiger partial charge is 0.253 e. The van der Waals surface area contributed by atoms with E-state index in [0.29, 0.717) is 36.6 Å². The molecule has 1 heterocycles. The first kappa shape index (κ1) is 22.9. The van der Waals surface area contributed by atoms with Gasteiger partial charge in [0.05, 0.1) is 5.56 Å². The molecular formula is C26H35N3O2. The molecule has 0 aromatic heterocycles. The fourth-order valence-electron chi connectivity index (χ4n) is 3.84. The number of aryl methyl sites for hydroxylation is 1. The number of hydrogen-bond donors (Lipinski definition) is 2. The van der Waals surface area contributed by atoms with Crippen molar-refractivity contribution >= 4 is 23.2 Å². The van der Waals surface area contributed by atoms with Gasteiger partial charge in [-0.1, -0.05) is 51.1 Å². The summed E-state index contributed by atoms with van der Waals surface area (Å²) in [6.07, 6.45) is 3.36. The summed E-state index contributed by atoms with van der Waals surface area (Å²) in [6, 6.07) is 15.7. The summed E-state index contributed by atoms with van der Waals surface area (Å²) in [6.45, 7) is 8.97. The van der Waals surface area contributed by atoms with Crippen LogP contribution in [0.4, 0.5) is 11.4 Å². The van der Waals surface area contributed by atoms with E-state index in [1.165, 1.54) is 0 Å². The van der Waals surface area contributed by atoms with Gasteiger partial charge in [0.25, 0.3) is 5.91 Å². The number of anilines is 2. The fraction of sp³-hybridized carbons (Fsp3) is 0.462. The molecule has 0 spiro atoms. The molecule has 5 heteroatoms. The Bertz CT molecular complexity index is 871. The van der Waals surface area contributed by atoms with E-state index in [1.54, 1.807) is 0 Å². The lowest BCUT2D eigenvalue weighted by Crippen LogP contribution is -2.35. The molecule has 0 aliphatic carbocycles. The maximum atomic E-state index is 13.0. The van der Waals surface area contributed by atoms with Crippen molar-refractivity contribution in [3.05, 3.63) is 59.7 Å². The summed E-state index contributed by atoms with van der Waals surface area (Å²) in [7, 11) is 0. The van der Waals surface area contributed by atoms with Crippen LogP contribution in [0.25, 0.3) is 0 Å². The van der Waals surface area contributed by atoms with Crippen molar-refractivity contribution in [1.29, 1.82) is 0 Å². The molecule has 0 unspecified atom stereocenters. The highest BCUT2D eigenvalue weighted by atomic mass is 16.2. The van der Waals surface area contributed by atoms with Crippen LogP contribution in [0.15, 0.2) is 48.5 Å². The highest BCUT2D eigenvalue weighted by molar-refractivity contribution is 6.02. The third-order valence-corrected chi connectivity index (χ3v) is 5.80. The molecule has 0 bridgehead atoms. The van der Waals surface area contributed by atoms with Crippen LogP contribution in [0.1, 0.15) is 56.0 Å². The molecule has 1 fully saturated rings. The van der Waals surface area contributed by atoms with Gasteiger partial charge in [0, 0.05) is 37.4 Å². The molecule has 3 rings (SSSR count). The quantitative estimate of drug-likeness (QED) is 0.639. The van der Waals surface area contributed by atoms with Crippen molar-refractivity contribution in [3.8, 4) is 0 Å². The first-order valence-electron chi connectivity index (χ1n) is 11.4. The highest BCUT2D eigenvalue weighted by Gasteiger charge is 2.22. The van der Waals surface area contributed by atoms with Crippen molar-refractivity contribution in [2.75, 3.05) is 29.9 Å². The second kappa shape index (κ2) is 11.0. The lowest BCUT2D eigenvalue weighted by Gasteiger charge is -2.33. The average molecular weight is 422 g/mol. The number of rotatable bonds is 8. The first-order valence-corrected chi connectivity index (χ1v) is 11.4. The molecule has 2 amide bonds. The Morgan fingerprint density at radius 1 is 1.06 bits per heavy atom. The van der Waals surface area contributed by atoms with Crippen LogP contribution in [-0.2, 0) is 11.2 Å². The van der Waals surface area contributed by atoms with E-state index in [2.05, 4.69) is 36.3 Å². The first-order chi connectivity index (χ1) is 14.9. The van der Waals surface area contributed by atoms with Gasteiger partial charge in [0.2, 0.25) is 5.91 Å². The number of piperidine rings is 1. The molecule has 2 aromatic carbocycles. The second-order valence-corrected chi connectivity index (χ2v) is 9.04. The maximum Gasteiger partial charge on any atom is 0.253 e. The van der Waals surface area contributed by atoms with Crippen LogP contribution < -0.4 is 15.5 Å². The minimum atomic E-state index is -0.0808. The summed E-state index contributed by atoms with van der Waals surface area (Å²) in [4.78, 5) is 27.8. The minimum Gasteiger partial charge on any atom is -0.371 e. The number of nitrogens with zero attached hydrogens (tertiary/aromatic N) is 1. The molecular weight excluding hydrogens is 386 g/mol. The lowest BCUT2D eigenvalue weighted by molar-refractivity contribution is -0.116. The third-order valence-electron chi connectivity index (χ3n) is 5.80. The van der Waals surface area contributed by atoms with Crippen LogP contribution in [0.2, 0.25) is 0 Å². The van der Waals surface area contributed by atoms with Crippen molar-refractivity contribution in [3.63, 3.8) is 0 Å². The van der Waals surface area contributed by atoms with Gasteiger partial charge in [-0.25, -0.2) is 0 Å². The van der Waals surface area contributed by atoms with E-state index in [1.807, 2.05) is 48.5 Å². The number of nitrogens with one attached hydrogen (secondary N) is 2. The van der Waals surface area contributed by atoms with Crippen LogP contribution in [0, 0.1) is 11.8 Å². The lowest BCUT2D eigenvalue weighted by atomic mass is 9.97. The van der Waals surface area contributed by atoms with Crippen molar-refractivity contribution < 1.29 is 9.59 Å². The average Bonchev–Trinajstić information content (AvgIpc) is 2.77. The standard InChI is InChI=1S/C26H35N3O2/c1-19(2)18-27-26(31)23-17-22(10-11-24(23)29-15-13-20(3)14-16-29)28-25(30)12-9-21-7-5-4-6-8-21/h4-8,10-11,17,19-20H,9,12-16,18H2,1-3H3,(H,27,31)(H,28,30). The molecule has 2 N–H and O–H groups in total. The summed E-state index contributed by atoms with van der Waals surface area (Å²) >= 11 is 0. The zero-order valence-corrected chi connectivity index (χ0v) is 19.0. The molecule has 2 aromatic rings. The highest BCUT2D eigenvalue weighted by Crippen LogP contribution is 2.29. The number of amides is 2. The molecule has 1 aliphatic heterocycles. The number of carbonyl (C=O) groups excluding carboxylic acids is 2. The number of carbonyl (C=O) groups is 2. The topological polar surface area (TPSA) is 61.4 Å². The Morgan fingerprint density at radius 2 is 1.77 bits per heavy atom. The SMILES string of the molecule is CC(C)CNC(=O)c1cc(NC(=O)CCc2ccccc2)ccc1N1CCC(C)CC1. The summed E-state index contributed by atoms with van der Waals surface area (Å²) in [5.74, 6) is 0.974. The van der Waals surface area contributed by atoms with Gasteiger partial charge < -0.3 is 15.5 Å². The van der Waals surface area contributed by atoms with Gasteiger partial charge in [-0.05, 0) is 54.9 Å². The van der Waals surface area contributed by atoms with Crippen molar-refractivity contribution in [2.45, 2.75) is 46.5 Å². The van der Waals surface area contributed by atoms with Gasteiger partial charge in [-0.2, -0.15) is 0 Å². The van der Waals surface area contributed by atoms with Gasteiger partial charge in [-0.15, -0.1) is 0 Å². The van der Waals surface area contributed by atoms with Crippen LogP contribution in [0.3, 0.4) is 0 Å². The van der Waals surface area contributed by atoms with E-state index >= 15 is 0 Å². The summed E-state index contributed by atoms with van der Waals surface area (Å²) < 4.78 is 0. The number of hydrogen-bond acceptors (Lipinski definition) is 3. The summed E-state index contributed by atoms with van der Waals surface area (Å²) in [5, 5.41) is 6.01. The second-order valence-electron chi connectivity index (χ2n) is 9.04. The molecule has 1 aliphatic rings. The zero-order valence-electron chi connectivity index (χ0n) is 19.0. The molecule has 5 nitrogen and oxygen atoms in total. The molecule has 0 atom stereocenters. The zero-order chi connectivity index (χ0) is 22.2. The molecule has 166 valence electrons. The Labute approximate surface area is 186 Å². The van der Waals surface area contributed by atoms with E-state index in [9.17, 15) is 9.59 Å². The summed E-state index contributed by atoms with van der Waals surface area (Å²) in [5.41, 5.74) is 3.40. The van der Waals surface area contributed by atoms with Crippen LogP contribution >= 0.6 is 0 Å². The van der Waals surface area contributed by atoms with Gasteiger partial charge in [-0.3, -0.25) is 9.59 Å². The minimum absolute atomic E-state index is 0.0445. The normalized spacial score (nSPS) is 14.5. The van der Waals surface area contributed by atoms with Crippen molar-refractivity contribution in [2.24, 2.45) is 11.8 Å². The Balaban J connectivity index is 1.72. The molecule has 1 saturated heterocycles. The monoisotopic (exact) mass is 421 g/mol. The predicted octanol–water partition coefficient (Wildman–Crippen LogP) is 4.88. The molecule has 0 radical (unpaired) electrons. The van der Waals surface area contributed by atoms with E-state index < -0.39 is 0 Å². The van der Waals surface area contributed by atoms with Crippen molar-refractivity contribution in [1.82, 2.24) is 5.32 Å².